The molecule has 0 aliphatic heterocycles. The number of hydrogen-bond acceptors (Lipinski definition) is 6. The first-order valence-electron chi connectivity index (χ1n) is 34.7. The van der Waals surface area contributed by atoms with E-state index >= 15 is 0 Å². The normalized spacial score (nSPS) is 13.0. The molecule has 6 heteroatoms. The van der Waals surface area contributed by atoms with E-state index in [0.29, 0.717) is 19.3 Å². The Morgan fingerprint density at radius 1 is 0.253 bits per heavy atom. The van der Waals surface area contributed by atoms with Crippen LogP contribution in [0.2, 0.25) is 0 Å². The third-order valence-corrected chi connectivity index (χ3v) is 14.7. The molecule has 0 radical (unpaired) electrons. The van der Waals surface area contributed by atoms with Gasteiger partial charge in [-0.05, 0) is 116 Å². The third kappa shape index (κ3) is 68.2. The second-order valence-electron chi connectivity index (χ2n) is 22.7. The molecule has 0 saturated carbocycles. The first-order valence-corrected chi connectivity index (χ1v) is 34.7. The maximum absolute atomic E-state index is 13.0. The summed E-state index contributed by atoms with van der Waals surface area (Å²) in [6, 6.07) is 0. The zero-order valence-electron chi connectivity index (χ0n) is 54.2. The van der Waals surface area contributed by atoms with Crippen molar-refractivity contribution in [1.82, 2.24) is 0 Å². The maximum atomic E-state index is 13.0. The van der Waals surface area contributed by atoms with E-state index in [0.717, 1.165) is 148 Å². The molecule has 0 saturated heterocycles. The maximum Gasteiger partial charge on any atom is 0.306 e. The van der Waals surface area contributed by atoms with Gasteiger partial charge in [-0.2, -0.15) is 0 Å². The van der Waals surface area contributed by atoms with E-state index < -0.39 is 6.10 Å². The fourth-order valence-electron chi connectivity index (χ4n) is 9.53. The fourth-order valence-corrected chi connectivity index (χ4v) is 9.53. The summed E-state index contributed by atoms with van der Waals surface area (Å²) in [5.74, 6) is -0.934. The minimum absolute atomic E-state index is 0.0982. The van der Waals surface area contributed by atoms with Crippen LogP contribution in [-0.4, -0.2) is 37.2 Å². The molecule has 0 spiro atoms. The van der Waals surface area contributed by atoms with Crippen molar-refractivity contribution in [3.8, 4) is 0 Å². The lowest BCUT2D eigenvalue weighted by atomic mass is 10.0. The molecule has 0 aromatic carbocycles. The summed E-state index contributed by atoms with van der Waals surface area (Å²) in [4.78, 5) is 38.5. The molecule has 0 aromatic heterocycles. The molecular weight excluding hydrogens is 1020 g/mol. The topological polar surface area (TPSA) is 78.9 Å². The van der Waals surface area contributed by atoms with Crippen molar-refractivity contribution in [3.63, 3.8) is 0 Å². The van der Waals surface area contributed by atoms with E-state index in [4.69, 9.17) is 14.2 Å². The van der Waals surface area contributed by atoms with Gasteiger partial charge >= 0.3 is 17.9 Å². The first kappa shape index (κ1) is 78.5. The van der Waals surface area contributed by atoms with Crippen molar-refractivity contribution >= 4 is 17.9 Å². The number of carbonyl (C=O) groups is 3. The summed E-state index contributed by atoms with van der Waals surface area (Å²) in [6.45, 7) is 6.41. The molecule has 0 aromatic rings. The van der Waals surface area contributed by atoms with Crippen LogP contribution in [-0.2, 0) is 28.6 Å². The molecule has 0 N–H and O–H groups in total. The number of unbranched alkanes of at least 4 members (excludes halogenated alkanes) is 29. The summed E-state index contributed by atoms with van der Waals surface area (Å²) in [6.07, 6.45) is 98.9. The van der Waals surface area contributed by atoms with Crippen molar-refractivity contribution in [1.29, 1.82) is 0 Å². The second-order valence-corrected chi connectivity index (χ2v) is 22.7. The molecule has 0 fully saturated rings. The van der Waals surface area contributed by atoms with E-state index in [1.807, 2.05) is 0 Å². The molecule has 472 valence electrons. The molecule has 0 aliphatic carbocycles. The number of hydrogen-bond donors (Lipinski definition) is 0. The molecular formula is C77H128O6. The number of allylic oxidation sites excluding steroid dienone is 22. The Labute approximate surface area is 513 Å². The van der Waals surface area contributed by atoms with Crippen LogP contribution in [0, 0.1) is 0 Å². The molecule has 0 bridgehead atoms. The van der Waals surface area contributed by atoms with Crippen molar-refractivity contribution in [2.75, 3.05) is 13.2 Å². The highest BCUT2D eigenvalue weighted by Gasteiger charge is 2.19. The Hall–Kier alpha value is -4.45. The van der Waals surface area contributed by atoms with Crippen molar-refractivity contribution < 1.29 is 28.6 Å². The van der Waals surface area contributed by atoms with Gasteiger partial charge in [-0.3, -0.25) is 14.4 Å². The highest BCUT2D eigenvalue weighted by molar-refractivity contribution is 5.71. The first-order chi connectivity index (χ1) is 41.0. The zero-order valence-corrected chi connectivity index (χ0v) is 54.2. The lowest BCUT2D eigenvalue weighted by Crippen LogP contribution is -2.30. The zero-order chi connectivity index (χ0) is 59.9. The van der Waals surface area contributed by atoms with Crippen LogP contribution in [0.15, 0.2) is 134 Å². The van der Waals surface area contributed by atoms with Crippen LogP contribution < -0.4 is 0 Å². The molecule has 0 rings (SSSR count). The molecule has 83 heavy (non-hydrogen) atoms. The van der Waals surface area contributed by atoms with Gasteiger partial charge < -0.3 is 14.2 Å². The summed E-state index contributed by atoms with van der Waals surface area (Å²) < 4.78 is 17.0. The van der Waals surface area contributed by atoms with Crippen LogP contribution in [0.25, 0.3) is 0 Å². The predicted molar refractivity (Wildman–Crippen MR) is 362 cm³/mol. The highest BCUT2D eigenvalue weighted by atomic mass is 16.6. The largest absolute Gasteiger partial charge is 0.462 e. The Morgan fingerprint density at radius 2 is 0.470 bits per heavy atom. The predicted octanol–water partition coefficient (Wildman–Crippen LogP) is 24.1. The van der Waals surface area contributed by atoms with Gasteiger partial charge in [0.2, 0.25) is 0 Å². The highest BCUT2D eigenvalue weighted by Crippen LogP contribution is 2.17. The van der Waals surface area contributed by atoms with Crippen molar-refractivity contribution in [3.05, 3.63) is 134 Å². The van der Waals surface area contributed by atoms with Crippen molar-refractivity contribution in [2.45, 2.75) is 322 Å². The second kappa shape index (κ2) is 70.0. The van der Waals surface area contributed by atoms with Gasteiger partial charge in [0.25, 0.3) is 0 Å². The molecule has 0 heterocycles. The molecule has 1 unspecified atom stereocenters. The minimum Gasteiger partial charge on any atom is -0.462 e. The summed E-state index contributed by atoms with van der Waals surface area (Å²) in [7, 11) is 0. The van der Waals surface area contributed by atoms with Crippen LogP contribution in [0.4, 0.5) is 0 Å². The van der Waals surface area contributed by atoms with Crippen LogP contribution >= 0.6 is 0 Å². The van der Waals surface area contributed by atoms with Crippen LogP contribution in [0.1, 0.15) is 316 Å². The van der Waals surface area contributed by atoms with E-state index in [1.54, 1.807) is 0 Å². The minimum atomic E-state index is -0.804. The van der Waals surface area contributed by atoms with Gasteiger partial charge in [0.15, 0.2) is 6.10 Å². The average molecular weight is 1150 g/mol. The quantitative estimate of drug-likeness (QED) is 0.0261. The monoisotopic (exact) mass is 1150 g/mol. The molecule has 6 nitrogen and oxygen atoms in total. The van der Waals surface area contributed by atoms with Gasteiger partial charge in [0.05, 0.1) is 0 Å². The third-order valence-electron chi connectivity index (χ3n) is 14.7. The fraction of sp³-hybridized carbons (Fsp3) is 0.675. The Balaban J connectivity index is 4.46. The van der Waals surface area contributed by atoms with Gasteiger partial charge in [-0.25, -0.2) is 0 Å². The smallest absolute Gasteiger partial charge is 0.306 e. The van der Waals surface area contributed by atoms with E-state index in [-0.39, 0.29) is 31.1 Å². The van der Waals surface area contributed by atoms with Gasteiger partial charge in [0.1, 0.15) is 13.2 Å². The van der Waals surface area contributed by atoms with Gasteiger partial charge in [-0.15, -0.1) is 0 Å². The molecule has 0 amide bonds. The standard InChI is InChI=1S/C77H128O6/c1-4-7-10-13-16-19-22-25-28-31-34-36-37-38-39-41-43-46-49-52-55-58-61-64-67-70-76(79)82-73-74(72-81-75(78)69-66-63-60-57-54-51-48-45-42-33-30-27-24-21-18-15-12-9-6-3)83-77(80)71-68-65-62-59-56-53-50-47-44-40-35-32-29-26-23-20-17-14-11-8-5-2/h7,9-10,12,16,18-19,21,25,27-28,30,34,36,38-39,42-43,45-46,51,54,74H,4-6,8,11,13-15,17,20,22-24,26,29,31-33,35,37,40-41,44,47-50,52-53,55-73H2,1-3H3/b10-7-,12-9-,19-16-,21-18-,28-25-,30-27-,36-34-,39-38-,45-42-,46-43-,54-51-. The van der Waals surface area contributed by atoms with E-state index in [2.05, 4.69) is 154 Å². The lowest BCUT2D eigenvalue weighted by Gasteiger charge is -2.18. The van der Waals surface area contributed by atoms with Crippen molar-refractivity contribution in [2.24, 2.45) is 0 Å². The average Bonchev–Trinajstić information content (AvgIpc) is 3.50. The summed E-state index contributed by atoms with van der Waals surface area (Å²) in [5.41, 5.74) is 0. The molecule has 1 atom stereocenters. The number of rotatable bonds is 62. The van der Waals surface area contributed by atoms with Crippen LogP contribution in [0.5, 0.6) is 0 Å². The Kier molecular flexibility index (Phi) is 66.3. The van der Waals surface area contributed by atoms with Gasteiger partial charge in [0, 0.05) is 19.3 Å². The Morgan fingerprint density at radius 3 is 0.747 bits per heavy atom. The number of ether oxygens (including phenoxy) is 3. The Bertz CT molecular complexity index is 1750. The van der Waals surface area contributed by atoms with E-state index in [9.17, 15) is 14.4 Å². The molecule has 0 aliphatic rings. The SMILES string of the molecule is CC/C=C\C/C=C\C/C=C\C/C=C\C/C=C\C/C=C\CCCCCCCCC(=O)OCC(COC(=O)CCCCC/C=C\C/C=C\C/C=C\C/C=C\C/C=C\CC)OC(=O)CCCCCCCCCCCCCCCCCCCCCCC. The lowest BCUT2D eigenvalue weighted by molar-refractivity contribution is -0.167. The number of carbonyl (C=O) groups excluding carboxylic acids is 3. The van der Waals surface area contributed by atoms with Gasteiger partial charge in [-0.1, -0.05) is 315 Å². The number of esters is 3. The van der Waals surface area contributed by atoms with Crippen LogP contribution in [0.3, 0.4) is 0 Å². The summed E-state index contributed by atoms with van der Waals surface area (Å²) >= 11 is 0. The van der Waals surface area contributed by atoms with E-state index in [1.165, 1.54) is 128 Å². The summed E-state index contributed by atoms with van der Waals surface area (Å²) in [5, 5.41) is 0.